The number of benzene rings is 2. The van der Waals surface area contributed by atoms with Crippen LogP contribution in [-0.2, 0) is 9.47 Å². The van der Waals surface area contributed by atoms with Gasteiger partial charge in [-0.25, -0.2) is 9.59 Å². The number of carbonyl (C=O) groups is 3. The third-order valence-electron chi connectivity index (χ3n) is 6.08. The maximum atomic E-state index is 13.3. The first kappa shape index (κ1) is 22.6. The molecule has 2 aliphatic rings. The maximum absolute atomic E-state index is 13.3. The van der Waals surface area contributed by atoms with E-state index in [4.69, 9.17) is 9.47 Å². The first-order chi connectivity index (χ1) is 16.0. The van der Waals surface area contributed by atoms with E-state index in [9.17, 15) is 14.4 Å². The zero-order chi connectivity index (χ0) is 23.4. The minimum absolute atomic E-state index is 0.00752. The summed E-state index contributed by atoms with van der Waals surface area (Å²) in [6, 6.07) is 14.7. The van der Waals surface area contributed by atoms with Crippen LogP contribution >= 0.6 is 0 Å². The van der Waals surface area contributed by atoms with E-state index in [1.54, 1.807) is 30.9 Å². The summed E-state index contributed by atoms with van der Waals surface area (Å²) in [4.78, 5) is 41.0. The Morgan fingerprint density at radius 3 is 2.30 bits per heavy atom. The molecule has 0 radical (unpaired) electrons. The van der Waals surface area contributed by atoms with E-state index in [0.717, 1.165) is 11.3 Å². The number of esters is 1. The van der Waals surface area contributed by atoms with Crippen LogP contribution in [0.25, 0.3) is 0 Å². The zero-order valence-corrected chi connectivity index (χ0v) is 19.0. The Labute approximate surface area is 193 Å². The fourth-order valence-corrected chi connectivity index (χ4v) is 4.48. The van der Waals surface area contributed by atoms with Crippen molar-refractivity contribution in [1.82, 2.24) is 9.80 Å². The number of piperidine rings is 1. The first-order valence-electron chi connectivity index (χ1n) is 11.4. The van der Waals surface area contributed by atoms with Gasteiger partial charge in [-0.05, 0) is 57.0 Å². The zero-order valence-electron chi connectivity index (χ0n) is 19.0. The maximum Gasteiger partial charge on any atom is 0.409 e. The Bertz CT molecular complexity index is 1010. The van der Waals surface area contributed by atoms with Crippen molar-refractivity contribution >= 4 is 23.7 Å². The van der Waals surface area contributed by atoms with E-state index in [1.165, 1.54) is 0 Å². The van der Waals surface area contributed by atoms with Gasteiger partial charge < -0.3 is 24.6 Å². The highest BCUT2D eigenvalue weighted by Gasteiger charge is 2.42. The van der Waals surface area contributed by atoms with Crippen molar-refractivity contribution in [2.75, 3.05) is 31.6 Å². The quantitative estimate of drug-likeness (QED) is 0.667. The van der Waals surface area contributed by atoms with Crippen molar-refractivity contribution in [2.24, 2.45) is 0 Å². The van der Waals surface area contributed by atoms with Crippen molar-refractivity contribution in [3.05, 3.63) is 65.2 Å². The first-order valence-corrected chi connectivity index (χ1v) is 11.4. The topological polar surface area (TPSA) is 88.2 Å². The molecule has 0 unspecified atom stereocenters. The molecule has 174 valence electrons. The summed E-state index contributed by atoms with van der Waals surface area (Å²) in [5.74, 6) is -0.374. The molecule has 8 nitrogen and oxygen atoms in total. The molecule has 2 aromatic rings. The Balaban J connectivity index is 1.53. The molecule has 4 rings (SSSR count). The largest absolute Gasteiger partial charge is 0.462 e. The van der Waals surface area contributed by atoms with Crippen molar-refractivity contribution in [3.63, 3.8) is 0 Å². The molecule has 0 saturated carbocycles. The summed E-state index contributed by atoms with van der Waals surface area (Å²) in [5, 5.41) is 3.48. The van der Waals surface area contributed by atoms with E-state index in [-0.39, 0.29) is 30.2 Å². The number of likely N-dealkylation sites (tertiary alicyclic amines) is 1. The van der Waals surface area contributed by atoms with Gasteiger partial charge in [-0.1, -0.05) is 18.2 Å². The number of amides is 2. The van der Waals surface area contributed by atoms with E-state index in [2.05, 4.69) is 5.32 Å². The van der Waals surface area contributed by atoms with Gasteiger partial charge in [-0.2, -0.15) is 0 Å². The fourth-order valence-electron chi connectivity index (χ4n) is 4.48. The lowest BCUT2D eigenvalue weighted by atomic mass is 10.0. The Morgan fingerprint density at radius 1 is 0.970 bits per heavy atom. The van der Waals surface area contributed by atoms with Crippen molar-refractivity contribution < 1.29 is 23.9 Å². The predicted molar refractivity (Wildman–Crippen MR) is 123 cm³/mol. The number of ether oxygens (including phenoxy) is 2. The van der Waals surface area contributed by atoms with Gasteiger partial charge in [0.15, 0.2) is 0 Å². The van der Waals surface area contributed by atoms with Gasteiger partial charge in [0.1, 0.15) is 6.17 Å². The number of fused-ring (bicyclic) bond motifs is 1. The molecule has 1 fully saturated rings. The molecule has 1 N–H and O–H groups in total. The molecule has 8 heteroatoms. The number of hydrogen-bond donors (Lipinski definition) is 1. The van der Waals surface area contributed by atoms with Gasteiger partial charge in [-0.3, -0.25) is 4.79 Å². The summed E-state index contributed by atoms with van der Waals surface area (Å²) < 4.78 is 10.2. The molecule has 0 bridgehead atoms. The molecule has 33 heavy (non-hydrogen) atoms. The Hall–Kier alpha value is -3.55. The summed E-state index contributed by atoms with van der Waals surface area (Å²) in [7, 11) is 0. The van der Waals surface area contributed by atoms with Crippen LogP contribution in [0.2, 0.25) is 0 Å². The molecule has 2 amide bonds. The summed E-state index contributed by atoms with van der Waals surface area (Å²) >= 11 is 0. The molecule has 2 heterocycles. The lowest BCUT2D eigenvalue weighted by Gasteiger charge is -2.39. The minimum Gasteiger partial charge on any atom is -0.462 e. The van der Waals surface area contributed by atoms with Crippen LogP contribution in [0.3, 0.4) is 0 Å². The minimum atomic E-state index is -0.361. The lowest BCUT2D eigenvalue weighted by molar-refractivity contribution is 0.0494. The van der Waals surface area contributed by atoms with E-state index >= 15 is 0 Å². The van der Waals surface area contributed by atoms with Gasteiger partial charge >= 0.3 is 12.1 Å². The molecule has 1 atom stereocenters. The highest BCUT2D eigenvalue weighted by Crippen LogP contribution is 2.38. The molecular weight excluding hydrogens is 422 g/mol. The highest BCUT2D eigenvalue weighted by atomic mass is 16.6. The average Bonchev–Trinajstić information content (AvgIpc) is 3.11. The van der Waals surface area contributed by atoms with Crippen LogP contribution in [0.1, 0.15) is 59.1 Å². The predicted octanol–water partition coefficient (Wildman–Crippen LogP) is 4.05. The smallest absolute Gasteiger partial charge is 0.409 e. The summed E-state index contributed by atoms with van der Waals surface area (Å²) in [6.45, 7) is 5.33. The number of nitrogens with one attached hydrogen (secondary N) is 1. The SMILES string of the molecule is CCOC(=O)c1ccc(N[C@H]2c3ccccc3C(=O)N2C2CCN(C(=O)OCC)CC2)cc1. The van der Waals surface area contributed by atoms with Crippen molar-refractivity contribution in [2.45, 2.75) is 38.9 Å². The van der Waals surface area contributed by atoms with Gasteiger partial charge in [-0.15, -0.1) is 0 Å². The molecular formula is C25H29N3O5. The molecule has 0 aliphatic carbocycles. The highest BCUT2D eigenvalue weighted by molar-refractivity contribution is 5.99. The number of anilines is 1. The van der Waals surface area contributed by atoms with Crippen LogP contribution in [-0.4, -0.2) is 60.1 Å². The van der Waals surface area contributed by atoms with Gasteiger partial charge in [0.25, 0.3) is 5.91 Å². The second-order valence-corrected chi connectivity index (χ2v) is 8.06. The number of hydrogen-bond acceptors (Lipinski definition) is 6. The second-order valence-electron chi connectivity index (χ2n) is 8.06. The van der Waals surface area contributed by atoms with Gasteiger partial charge in [0, 0.05) is 35.9 Å². The summed E-state index contributed by atoms with van der Waals surface area (Å²) in [6.07, 6.45) is 0.724. The van der Waals surface area contributed by atoms with Crippen molar-refractivity contribution in [1.29, 1.82) is 0 Å². The summed E-state index contributed by atoms with van der Waals surface area (Å²) in [5.41, 5.74) is 2.88. The van der Waals surface area contributed by atoms with Gasteiger partial charge in [0.05, 0.1) is 18.8 Å². The molecule has 2 aliphatic heterocycles. The fraction of sp³-hybridized carbons (Fsp3) is 0.400. The van der Waals surface area contributed by atoms with Crippen LogP contribution in [0, 0.1) is 0 Å². The molecule has 0 spiro atoms. The Morgan fingerprint density at radius 2 is 1.64 bits per heavy atom. The number of nitrogens with zero attached hydrogens (tertiary/aromatic N) is 2. The van der Waals surface area contributed by atoms with E-state index < -0.39 is 0 Å². The normalized spacial score (nSPS) is 18.1. The van der Waals surface area contributed by atoms with Crippen LogP contribution in [0.5, 0.6) is 0 Å². The third-order valence-corrected chi connectivity index (χ3v) is 6.08. The monoisotopic (exact) mass is 451 g/mol. The number of rotatable bonds is 6. The molecule has 0 aromatic heterocycles. The van der Waals surface area contributed by atoms with E-state index in [1.807, 2.05) is 41.3 Å². The average molecular weight is 452 g/mol. The lowest BCUT2D eigenvalue weighted by Crippen LogP contribution is -2.49. The molecule has 1 saturated heterocycles. The van der Waals surface area contributed by atoms with Crippen molar-refractivity contribution in [3.8, 4) is 0 Å². The van der Waals surface area contributed by atoms with Crippen LogP contribution in [0.15, 0.2) is 48.5 Å². The van der Waals surface area contributed by atoms with Crippen LogP contribution < -0.4 is 5.32 Å². The third kappa shape index (κ3) is 4.65. The standard InChI is InChI=1S/C25H29N3O5/c1-3-32-24(30)17-9-11-18(12-10-17)26-22-20-7-5-6-8-21(20)23(29)28(22)19-13-15-27(16-14-19)25(31)33-4-2/h5-12,19,22,26H,3-4,13-16H2,1-2H3/t22-/m1/s1. The van der Waals surface area contributed by atoms with E-state index in [0.29, 0.717) is 50.3 Å². The number of carbonyl (C=O) groups excluding carboxylic acids is 3. The van der Waals surface area contributed by atoms with Gasteiger partial charge in [0.2, 0.25) is 0 Å². The Kier molecular flexibility index (Phi) is 6.82. The molecule has 2 aromatic carbocycles. The van der Waals surface area contributed by atoms with Crippen LogP contribution in [0.4, 0.5) is 10.5 Å². The second kappa shape index (κ2) is 9.94.